The molecule has 9 nitrogen and oxygen atoms in total. The number of anilines is 1. The predicted molar refractivity (Wildman–Crippen MR) is 138 cm³/mol. The van der Waals surface area contributed by atoms with Crippen LogP contribution in [0.5, 0.6) is 0 Å². The third-order valence-corrected chi connectivity index (χ3v) is 8.34. The third kappa shape index (κ3) is 5.26. The number of aromatic nitrogens is 2. The Kier molecular flexibility index (Phi) is 6.52. The van der Waals surface area contributed by atoms with Crippen molar-refractivity contribution in [2.45, 2.75) is 31.6 Å². The van der Waals surface area contributed by atoms with E-state index in [-0.39, 0.29) is 11.9 Å². The molecule has 2 aliphatic heterocycles. The summed E-state index contributed by atoms with van der Waals surface area (Å²) in [7, 11) is 0. The van der Waals surface area contributed by atoms with E-state index in [1.807, 2.05) is 24.5 Å². The number of fused-ring (bicyclic) bond motifs is 3. The second-order valence-electron chi connectivity index (χ2n) is 10.6. The highest BCUT2D eigenvalue weighted by Gasteiger charge is 2.39. The molecule has 2 unspecified atom stereocenters. The Balaban J connectivity index is 1.03. The second-order valence-corrected chi connectivity index (χ2v) is 10.6. The molecular formula is C26H36N8O. The van der Waals surface area contributed by atoms with E-state index in [9.17, 15) is 4.79 Å². The molecule has 2 amide bonds. The Bertz CT molecular complexity index is 1080. The minimum absolute atomic E-state index is 0.174. The molecule has 1 saturated heterocycles. The van der Waals surface area contributed by atoms with Gasteiger partial charge in [0, 0.05) is 70.7 Å². The van der Waals surface area contributed by atoms with Gasteiger partial charge in [-0.15, -0.1) is 0 Å². The van der Waals surface area contributed by atoms with Crippen LogP contribution < -0.4 is 16.0 Å². The van der Waals surface area contributed by atoms with Gasteiger partial charge in [0.25, 0.3) is 0 Å². The molecule has 0 radical (unpaired) electrons. The van der Waals surface area contributed by atoms with Crippen LogP contribution in [0.2, 0.25) is 0 Å². The fraction of sp³-hybridized carbons (Fsp3) is 0.615. The molecule has 2 aliphatic carbocycles. The lowest BCUT2D eigenvalue weighted by Gasteiger charge is -2.28. The Morgan fingerprint density at radius 3 is 2.86 bits per heavy atom. The van der Waals surface area contributed by atoms with Crippen molar-refractivity contribution in [2.75, 3.05) is 57.7 Å². The van der Waals surface area contributed by atoms with Crippen LogP contribution >= 0.6 is 0 Å². The minimum atomic E-state index is -0.174. The van der Waals surface area contributed by atoms with Crippen molar-refractivity contribution >= 4 is 29.1 Å². The first kappa shape index (κ1) is 22.7. The van der Waals surface area contributed by atoms with Crippen molar-refractivity contribution in [1.82, 2.24) is 30.5 Å². The van der Waals surface area contributed by atoms with Gasteiger partial charge >= 0.3 is 6.03 Å². The number of hydrogen-bond donors (Lipinski definition) is 3. The van der Waals surface area contributed by atoms with Crippen molar-refractivity contribution in [3.05, 3.63) is 30.0 Å². The molecule has 0 spiro atoms. The molecule has 4 atom stereocenters. The van der Waals surface area contributed by atoms with E-state index in [0.29, 0.717) is 11.7 Å². The van der Waals surface area contributed by atoms with Gasteiger partial charge < -0.3 is 10.6 Å². The van der Waals surface area contributed by atoms with Crippen LogP contribution in [0.15, 0.2) is 29.5 Å². The smallest absolute Gasteiger partial charge is 0.320 e. The number of urea groups is 1. The first-order valence-electron chi connectivity index (χ1n) is 13.2. The van der Waals surface area contributed by atoms with Gasteiger partial charge in [-0.25, -0.2) is 9.78 Å². The van der Waals surface area contributed by atoms with Crippen LogP contribution in [-0.2, 0) is 0 Å². The van der Waals surface area contributed by atoms with Crippen LogP contribution in [0.3, 0.4) is 0 Å². The largest absolute Gasteiger partial charge is 0.338 e. The fourth-order valence-electron chi connectivity index (χ4n) is 6.33. The van der Waals surface area contributed by atoms with E-state index in [0.717, 1.165) is 80.8 Å². The van der Waals surface area contributed by atoms with Gasteiger partial charge in [-0.3, -0.25) is 20.2 Å². The summed E-state index contributed by atoms with van der Waals surface area (Å²) >= 11 is 0. The van der Waals surface area contributed by atoms with Crippen molar-refractivity contribution in [3.63, 3.8) is 0 Å². The van der Waals surface area contributed by atoms with Gasteiger partial charge in [0.2, 0.25) is 0 Å². The molecule has 3 fully saturated rings. The van der Waals surface area contributed by atoms with E-state index in [1.54, 1.807) is 0 Å². The van der Waals surface area contributed by atoms with Gasteiger partial charge in [-0.05, 0) is 60.8 Å². The number of nitrogens with zero attached hydrogens (tertiary/aromatic N) is 5. The summed E-state index contributed by atoms with van der Waals surface area (Å²) in [5.41, 5.74) is 2.73. The number of hydrazone groups is 1. The molecule has 3 N–H and O–H groups in total. The molecule has 4 aliphatic rings. The van der Waals surface area contributed by atoms with Crippen molar-refractivity contribution in [1.29, 1.82) is 0 Å². The second kappa shape index (κ2) is 10.1. The Morgan fingerprint density at radius 1 is 1.11 bits per heavy atom. The van der Waals surface area contributed by atoms with Gasteiger partial charge in [-0.1, -0.05) is 6.42 Å². The summed E-state index contributed by atoms with van der Waals surface area (Å²) in [6, 6.07) is 5.64. The maximum Gasteiger partial charge on any atom is 0.320 e. The van der Waals surface area contributed by atoms with E-state index >= 15 is 0 Å². The topological polar surface area (TPSA) is 97.8 Å². The molecule has 2 aromatic rings. The number of piperazine rings is 1. The lowest BCUT2D eigenvalue weighted by atomic mass is 9.89. The quantitative estimate of drug-likeness (QED) is 0.568. The maximum absolute atomic E-state index is 12.5. The Hall–Kier alpha value is -2.78. The summed E-state index contributed by atoms with van der Waals surface area (Å²) < 4.78 is 0. The van der Waals surface area contributed by atoms with Gasteiger partial charge in [-0.2, -0.15) is 5.10 Å². The first-order chi connectivity index (χ1) is 17.2. The van der Waals surface area contributed by atoms with E-state index in [2.05, 4.69) is 47.0 Å². The van der Waals surface area contributed by atoms with E-state index < -0.39 is 0 Å². The number of hydrogen-bond acceptors (Lipinski definition) is 7. The fourth-order valence-corrected chi connectivity index (χ4v) is 6.33. The van der Waals surface area contributed by atoms with Crippen LogP contribution in [0.25, 0.3) is 11.0 Å². The normalized spacial score (nSPS) is 28.2. The maximum atomic E-state index is 12.5. The van der Waals surface area contributed by atoms with E-state index in [1.165, 1.54) is 25.7 Å². The van der Waals surface area contributed by atoms with Crippen LogP contribution in [0.1, 0.15) is 37.2 Å². The zero-order valence-corrected chi connectivity index (χ0v) is 20.3. The molecule has 2 bridgehead atoms. The highest BCUT2D eigenvalue weighted by atomic mass is 16.2. The SMILES string of the molecule is O=C(NCC1C[C@@H]2CC[C@H]1C2)Nc1ccc2ncc(C3C=NN(CCN4CCNCC4)C3)cc2n1. The van der Waals surface area contributed by atoms with Gasteiger partial charge in [0.15, 0.2) is 0 Å². The van der Waals surface area contributed by atoms with Gasteiger partial charge in [0.05, 0.1) is 11.0 Å². The molecule has 2 aromatic heterocycles. The number of nitrogens with one attached hydrogen (secondary N) is 3. The van der Waals surface area contributed by atoms with Crippen molar-refractivity contribution < 1.29 is 4.79 Å². The summed E-state index contributed by atoms with van der Waals surface area (Å²) in [6.45, 7) is 7.97. The Morgan fingerprint density at radius 2 is 2.03 bits per heavy atom. The molecule has 4 heterocycles. The van der Waals surface area contributed by atoms with Crippen LogP contribution in [0, 0.1) is 17.8 Å². The predicted octanol–water partition coefficient (Wildman–Crippen LogP) is 2.48. The highest BCUT2D eigenvalue weighted by Crippen LogP contribution is 2.47. The molecule has 2 saturated carbocycles. The molecule has 9 heteroatoms. The molecule has 6 rings (SSSR count). The third-order valence-electron chi connectivity index (χ3n) is 8.34. The van der Waals surface area contributed by atoms with Gasteiger partial charge in [0.1, 0.15) is 5.82 Å². The van der Waals surface area contributed by atoms with Crippen LogP contribution in [-0.4, -0.2) is 84.5 Å². The molecular weight excluding hydrogens is 440 g/mol. The standard InChI is InChI=1S/C26H36N8O/c35-26(29-15-20-12-18-1-2-19(20)11-18)32-25-4-3-23-24(31-25)13-21(14-28-23)22-16-30-34(17-22)10-9-33-7-5-27-6-8-33/h3-4,13-14,16,18-20,22,27H,1-2,5-12,15,17H2,(H2,29,31,32,35)/t18-,19+,20?,22?/m1/s1. The first-order valence-corrected chi connectivity index (χ1v) is 13.2. The van der Waals surface area contributed by atoms with Crippen LogP contribution in [0.4, 0.5) is 10.6 Å². The summed E-state index contributed by atoms with van der Waals surface area (Å²) in [5.74, 6) is 3.10. The summed E-state index contributed by atoms with van der Waals surface area (Å²) in [5, 5.41) is 16.2. The lowest BCUT2D eigenvalue weighted by Crippen LogP contribution is -2.45. The molecule has 0 aromatic carbocycles. The number of amides is 2. The zero-order chi connectivity index (χ0) is 23.6. The number of carbonyl (C=O) groups excluding carboxylic acids is 1. The van der Waals surface area contributed by atoms with Crippen molar-refractivity contribution in [2.24, 2.45) is 22.9 Å². The average Bonchev–Trinajstić information content (AvgIpc) is 3.64. The molecule has 35 heavy (non-hydrogen) atoms. The minimum Gasteiger partial charge on any atom is -0.338 e. The lowest BCUT2D eigenvalue weighted by molar-refractivity contribution is 0.198. The number of carbonyl (C=O) groups is 1. The number of rotatable bonds is 7. The molecule has 186 valence electrons. The zero-order valence-electron chi connectivity index (χ0n) is 20.3. The van der Waals surface area contributed by atoms with Crippen molar-refractivity contribution in [3.8, 4) is 0 Å². The Labute approximate surface area is 206 Å². The average molecular weight is 477 g/mol. The highest BCUT2D eigenvalue weighted by molar-refractivity contribution is 5.89. The van der Waals surface area contributed by atoms with E-state index in [4.69, 9.17) is 0 Å². The monoisotopic (exact) mass is 476 g/mol. The number of pyridine rings is 2. The summed E-state index contributed by atoms with van der Waals surface area (Å²) in [4.78, 5) is 24.3. The summed E-state index contributed by atoms with van der Waals surface area (Å²) in [6.07, 6.45) is 9.29.